The number of piperidine rings is 1. The van der Waals surface area contributed by atoms with Gasteiger partial charge < -0.3 is 9.80 Å². The average Bonchev–Trinajstić information content (AvgIpc) is 2.80. The molecule has 2 saturated heterocycles. The molecule has 0 saturated carbocycles. The Bertz CT molecular complexity index is 446. The second-order valence-electron chi connectivity index (χ2n) is 12.2. The molecule has 33 heavy (non-hydrogen) atoms. The minimum Gasteiger partial charge on any atom is -0.303 e. The SMILES string of the molecule is CCCCCC(CCCC)CCCN1CC2(CCN(CC(CCCC)CCCCC)CC2)C1. The minimum atomic E-state index is 0.695. The van der Waals surface area contributed by atoms with E-state index in [2.05, 4.69) is 37.5 Å². The highest BCUT2D eigenvalue weighted by atomic mass is 15.2. The molecule has 1 spiro atoms. The van der Waals surface area contributed by atoms with Crippen molar-refractivity contribution in [3.05, 3.63) is 0 Å². The van der Waals surface area contributed by atoms with Gasteiger partial charge in [0.2, 0.25) is 0 Å². The Morgan fingerprint density at radius 1 is 0.545 bits per heavy atom. The van der Waals surface area contributed by atoms with Crippen molar-refractivity contribution in [3.63, 3.8) is 0 Å². The molecule has 0 aromatic heterocycles. The fourth-order valence-electron chi connectivity index (χ4n) is 6.67. The van der Waals surface area contributed by atoms with Crippen molar-refractivity contribution in [3.8, 4) is 0 Å². The van der Waals surface area contributed by atoms with Crippen LogP contribution in [0.1, 0.15) is 143 Å². The topological polar surface area (TPSA) is 6.48 Å². The third kappa shape index (κ3) is 11.5. The highest BCUT2D eigenvalue weighted by molar-refractivity contribution is 4.98. The lowest BCUT2D eigenvalue weighted by Crippen LogP contribution is -2.60. The van der Waals surface area contributed by atoms with Gasteiger partial charge in [-0.2, -0.15) is 0 Å². The smallest absolute Gasteiger partial charge is 0.00514 e. The second kappa shape index (κ2) is 17.4. The first-order valence-electron chi connectivity index (χ1n) is 15.6. The molecule has 0 radical (unpaired) electrons. The lowest BCUT2D eigenvalue weighted by Gasteiger charge is -2.54. The van der Waals surface area contributed by atoms with E-state index in [0.717, 1.165) is 11.8 Å². The summed E-state index contributed by atoms with van der Waals surface area (Å²) >= 11 is 0. The lowest BCUT2D eigenvalue weighted by atomic mass is 9.71. The number of hydrogen-bond donors (Lipinski definition) is 0. The molecule has 2 aliphatic heterocycles. The number of hydrogen-bond acceptors (Lipinski definition) is 2. The number of unbranched alkanes of at least 4 members (excludes halogenated alkanes) is 6. The van der Waals surface area contributed by atoms with Gasteiger partial charge in [-0.1, -0.05) is 105 Å². The Balaban J connectivity index is 1.62. The molecule has 0 aliphatic carbocycles. The van der Waals surface area contributed by atoms with Crippen LogP contribution >= 0.6 is 0 Å². The molecule has 0 amide bonds. The zero-order chi connectivity index (χ0) is 23.8. The summed E-state index contributed by atoms with van der Waals surface area (Å²) in [5.74, 6) is 1.97. The third-order valence-corrected chi connectivity index (χ3v) is 9.00. The second-order valence-corrected chi connectivity index (χ2v) is 12.2. The summed E-state index contributed by atoms with van der Waals surface area (Å²) in [5.41, 5.74) is 0.695. The molecule has 2 heterocycles. The standard InChI is InChI=1S/C31H62N2/c1-5-9-13-18-29(16-11-7-3)20-15-23-33-27-31(28-33)21-24-32(25-22-31)26-30(17-12-8-4)19-14-10-6-2/h29-30H,5-28H2,1-4H3. The zero-order valence-electron chi connectivity index (χ0n) is 23.5. The van der Waals surface area contributed by atoms with Crippen LogP contribution in [0.25, 0.3) is 0 Å². The Labute approximate surface area is 209 Å². The summed E-state index contributed by atoms with van der Waals surface area (Å²) in [6, 6.07) is 0. The molecule has 0 aromatic carbocycles. The van der Waals surface area contributed by atoms with E-state index in [1.54, 1.807) is 0 Å². The quantitative estimate of drug-likeness (QED) is 0.167. The van der Waals surface area contributed by atoms with E-state index in [0.29, 0.717) is 5.41 Å². The summed E-state index contributed by atoms with van der Waals surface area (Å²) in [7, 11) is 0. The van der Waals surface area contributed by atoms with Crippen LogP contribution in [0.2, 0.25) is 0 Å². The van der Waals surface area contributed by atoms with E-state index in [1.165, 1.54) is 155 Å². The van der Waals surface area contributed by atoms with Gasteiger partial charge in [0.25, 0.3) is 0 Å². The molecule has 2 unspecified atom stereocenters. The number of nitrogens with zero attached hydrogens (tertiary/aromatic N) is 2. The van der Waals surface area contributed by atoms with Crippen LogP contribution in [0.5, 0.6) is 0 Å². The van der Waals surface area contributed by atoms with Gasteiger partial charge in [0.1, 0.15) is 0 Å². The summed E-state index contributed by atoms with van der Waals surface area (Å²) in [6.07, 6.45) is 25.9. The summed E-state index contributed by atoms with van der Waals surface area (Å²) in [6.45, 7) is 17.7. The maximum atomic E-state index is 2.84. The predicted molar refractivity (Wildman–Crippen MR) is 148 cm³/mol. The van der Waals surface area contributed by atoms with E-state index >= 15 is 0 Å². The van der Waals surface area contributed by atoms with E-state index in [9.17, 15) is 0 Å². The van der Waals surface area contributed by atoms with E-state index in [-0.39, 0.29) is 0 Å². The molecule has 2 nitrogen and oxygen atoms in total. The van der Waals surface area contributed by atoms with Crippen molar-refractivity contribution in [2.75, 3.05) is 39.3 Å². The van der Waals surface area contributed by atoms with Crippen molar-refractivity contribution in [2.45, 2.75) is 143 Å². The lowest BCUT2D eigenvalue weighted by molar-refractivity contribution is -0.0496. The van der Waals surface area contributed by atoms with Crippen LogP contribution < -0.4 is 0 Å². The maximum Gasteiger partial charge on any atom is 0.00514 e. The first-order chi connectivity index (χ1) is 16.1. The predicted octanol–water partition coefficient (Wildman–Crippen LogP) is 8.94. The molecule has 0 N–H and O–H groups in total. The van der Waals surface area contributed by atoms with E-state index in [1.807, 2.05) is 0 Å². The van der Waals surface area contributed by atoms with Crippen molar-refractivity contribution in [1.82, 2.24) is 9.80 Å². The normalized spacial score (nSPS) is 20.7. The largest absolute Gasteiger partial charge is 0.303 e. The molecule has 196 valence electrons. The summed E-state index contributed by atoms with van der Waals surface area (Å²) in [4.78, 5) is 5.64. The molecule has 0 aromatic rings. The monoisotopic (exact) mass is 462 g/mol. The van der Waals surface area contributed by atoms with Crippen LogP contribution in [0, 0.1) is 17.3 Å². The minimum absolute atomic E-state index is 0.695. The Hall–Kier alpha value is -0.0800. The molecule has 2 aliphatic rings. The first kappa shape index (κ1) is 29.2. The van der Waals surface area contributed by atoms with Crippen molar-refractivity contribution < 1.29 is 0 Å². The van der Waals surface area contributed by atoms with E-state index < -0.39 is 0 Å². The molecule has 2 heteroatoms. The van der Waals surface area contributed by atoms with Gasteiger partial charge in [0.15, 0.2) is 0 Å². The van der Waals surface area contributed by atoms with Crippen LogP contribution in [0.4, 0.5) is 0 Å². The van der Waals surface area contributed by atoms with Crippen LogP contribution in [-0.4, -0.2) is 49.1 Å². The Morgan fingerprint density at radius 3 is 1.61 bits per heavy atom. The van der Waals surface area contributed by atoms with Crippen molar-refractivity contribution >= 4 is 0 Å². The van der Waals surface area contributed by atoms with Crippen molar-refractivity contribution in [2.24, 2.45) is 17.3 Å². The Morgan fingerprint density at radius 2 is 1.03 bits per heavy atom. The fraction of sp³-hybridized carbons (Fsp3) is 1.00. The maximum absolute atomic E-state index is 2.84. The van der Waals surface area contributed by atoms with Crippen LogP contribution in [-0.2, 0) is 0 Å². The number of likely N-dealkylation sites (tertiary alicyclic amines) is 2. The molecular weight excluding hydrogens is 400 g/mol. The van der Waals surface area contributed by atoms with Crippen LogP contribution in [0.15, 0.2) is 0 Å². The molecule has 2 rings (SSSR count). The molecule has 2 fully saturated rings. The van der Waals surface area contributed by atoms with Crippen LogP contribution in [0.3, 0.4) is 0 Å². The highest BCUT2D eigenvalue weighted by Crippen LogP contribution is 2.41. The van der Waals surface area contributed by atoms with Gasteiger partial charge in [-0.25, -0.2) is 0 Å². The van der Waals surface area contributed by atoms with Gasteiger partial charge >= 0.3 is 0 Å². The average molecular weight is 463 g/mol. The van der Waals surface area contributed by atoms with Crippen molar-refractivity contribution in [1.29, 1.82) is 0 Å². The molecule has 0 bridgehead atoms. The third-order valence-electron chi connectivity index (χ3n) is 9.00. The van der Waals surface area contributed by atoms with Gasteiger partial charge in [-0.15, -0.1) is 0 Å². The fourth-order valence-corrected chi connectivity index (χ4v) is 6.67. The highest BCUT2D eigenvalue weighted by Gasteiger charge is 2.44. The Kier molecular flexibility index (Phi) is 15.3. The van der Waals surface area contributed by atoms with Gasteiger partial charge in [-0.3, -0.25) is 0 Å². The van der Waals surface area contributed by atoms with E-state index in [4.69, 9.17) is 0 Å². The first-order valence-corrected chi connectivity index (χ1v) is 15.6. The summed E-state index contributed by atoms with van der Waals surface area (Å²) < 4.78 is 0. The summed E-state index contributed by atoms with van der Waals surface area (Å²) in [5, 5.41) is 0. The number of rotatable bonds is 20. The van der Waals surface area contributed by atoms with Gasteiger partial charge in [-0.05, 0) is 75.4 Å². The molecule has 2 atom stereocenters. The zero-order valence-corrected chi connectivity index (χ0v) is 23.5. The molecular formula is C31H62N2. The van der Waals surface area contributed by atoms with Gasteiger partial charge in [0, 0.05) is 19.6 Å². The van der Waals surface area contributed by atoms with Gasteiger partial charge in [0.05, 0.1) is 0 Å².